The van der Waals surface area contributed by atoms with Crippen LogP contribution in [0.25, 0.3) is 0 Å². The second-order valence-corrected chi connectivity index (χ2v) is 7.46. The summed E-state index contributed by atoms with van der Waals surface area (Å²) >= 11 is 0. The third-order valence-corrected chi connectivity index (χ3v) is 4.97. The number of hydrogen-bond acceptors (Lipinski definition) is 6. The number of alkyl halides is 2. The summed E-state index contributed by atoms with van der Waals surface area (Å²) in [5, 5.41) is 0. The van der Waals surface area contributed by atoms with Crippen molar-refractivity contribution in [3.05, 3.63) is 28.4 Å². The van der Waals surface area contributed by atoms with E-state index in [4.69, 9.17) is 13.8 Å². The van der Waals surface area contributed by atoms with Crippen LogP contribution in [0.4, 0.5) is 8.78 Å². The molecule has 2 saturated heterocycles. The lowest BCUT2D eigenvalue weighted by atomic mass is 10.1. The molecule has 3 rings (SSSR count). The van der Waals surface area contributed by atoms with Gasteiger partial charge in [-0.1, -0.05) is 0 Å². The Bertz CT molecular complexity index is 709. The fraction of sp³-hybridized carbons (Fsp3) is 0.667. The number of halogens is 2. The Balaban J connectivity index is 2.02. The SMILES string of the molecule is Cc1ccn(C2OC3C(C)OP(C)(=O)OC3C2(F)F)c(=O)n1. The Morgan fingerprint density at radius 2 is 2.09 bits per heavy atom. The van der Waals surface area contributed by atoms with Crippen molar-refractivity contribution in [3.63, 3.8) is 0 Å². The van der Waals surface area contributed by atoms with E-state index in [0.29, 0.717) is 10.3 Å². The summed E-state index contributed by atoms with van der Waals surface area (Å²) in [7, 11) is -3.59. The van der Waals surface area contributed by atoms with E-state index in [2.05, 4.69) is 4.98 Å². The highest BCUT2D eigenvalue weighted by atomic mass is 31.2. The van der Waals surface area contributed by atoms with Gasteiger partial charge in [0.2, 0.25) is 6.23 Å². The van der Waals surface area contributed by atoms with Gasteiger partial charge >= 0.3 is 19.2 Å². The quantitative estimate of drug-likeness (QED) is 0.727. The van der Waals surface area contributed by atoms with E-state index in [0.717, 1.165) is 6.66 Å². The van der Waals surface area contributed by atoms with Crippen molar-refractivity contribution < 1.29 is 27.1 Å². The topological polar surface area (TPSA) is 79.6 Å². The molecule has 1 aromatic heterocycles. The van der Waals surface area contributed by atoms with Crippen molar-refractivity contribution >= 4 is 7.60 Å². The Morgan fingerprint density at radius 1 is 1.41 bits per heavy atom. The van der Waals surface area contributed by atoms with Gasteiger partial charge in [0.15, 0.2) is 6.10 Å². The molecule has 2 aliphatic heterocycles. The Kier molecular flexibility index (Phi) is 3.52. The molecule has 2 fully saturated rings. The minimum absolute atomic E-state index is 0.408. The third kappa shape index (κ3) is 2.42. The zero-order valence-electron chi connectivity index (χ0n) is 12.1. The van der Waals surface area contributed by atoms with Gasteiger partial charge in [-0.05, 0) is 19.9 Å². The first kappa shape index (κ1) is 15.7. The number of aromatic nitrogens is 2. The van der Waals surface area contributed by atoms with E-state index < -0.39 is 43.7 Å². The lowest BCUT2D eigenvalue weighted by Crippen LogP contribution is -2.47. The molecule has 2 aliphatic rings. The summed E-state index contributed by atoms with van der Waals surface area (Å²) in [6.07, 6.45) is -4.41. The lowest BCUT2D eigenvalue weighted by Gasteiger charge is -2.35. The molecule has 0 saturated carbocycles. The minimum atomic E-state index is -3.59. The number of hydrogen-bond donors (Lipinski definition) is 0. The summed E-state index contributed by atoms with van der Waals surface area (Å²) in [5.41, 5.74) is -0.442. The fourth-order valence-electron chi connectivity index (χ4n) is 2.68. The van der Waals surface area contributed by atoms with Crippen molar-refractivity contribution in [2.45, 2.75) is 44.3 Å². The maximum atomic E-state index is 14.6. The van der Waals surface area contributed by atoms with Crippen LogP contribution in [0, 0.1) is 6.92 Å². The third-order valence-electron chi connectivity index (χ3n) is 3.64. The normalized spacial score (nSPS) is 40.4. The first-order valence-corrected chi connectivity index (χ1v) is 8.64. The van der Waals surface area contributed by atoms with Crippen LogP contribution >= 0.6 is 7.60 Å². The van der Waals surface area contributed by atoms with Crippen LogP contribution in [0.1, 0.15) is 18.8 Å². The Hall–Kier alpha value is -1.15. The Morgan fingerprint density at radius 3 is 2.73 bits per heavy atom. The van der Waals surface area contributed by atoms with Crippen LogP contribution in [0.3, 0.4) is 0 Å². The van der Waals surface area contributed by atoms with E-state index in [-0.39, 0.29) is 0 Å². The minimum Gasteiger partial charge on any atom is -0.343 e. The van der Waals surface area contributed by atoms with Gasteiger partial charge in [-0.3, -0.25) is 13.7 Å². The average Bonchev–Trinajstić information content (AvgIpc) is 2.61. The number of rotatable bonds is 1. The van der Waals surface area contributed by atoms with Crippen molar-refractivity contribution in [3.8, 4) is 0 Å². The van der Waals surface area contributed by atoms with Crippen molar-refractivity contribution in [1.29, 1.82) is 0 Å². The molecule has 0 radical (unpaired) electrons. The van der Waals surface area contributed by atoms with Gasteiger partial charge in [0.25, 0.3) is 0 Å². The summed E-state index contributed by atoms with van der Waals surface area (Å²) in [6.45, 7) is 4.18. The van der Waals surface area contributed by atoms with E-state index >= 15 is 0 Å². The van der Waals surface area contributed by atoms with Gasteiger partial charge in [0, 0.05) is 18.6 Å². The average molecular weight is 336 g/mol. The van der Waals surface area contributed by atoms with E-state index in [1.807, 2.05) is 0 Å². The van der Waals surface area contributed by atoms with Crippen LogP contribution in [0.15, 0.2) is 17.1 Å². The highest BCUT2D eigenvalue weighted by molar-refractivity contribution is 7.53. The molecule has 0 aliphatic carbocycles. The molecule has 122 valence electrons. The highest BCUT2D eigenvalue weighted by Crippen LogP contribution is 2.58. The zero-order valence-corrected chi connectivity index (χ0v) is 13.0. The fourth-order valence-corrected chi connectivity index (χ4v) is 4.12. The molecule has 0 bridgehead atoms. The van der Waals surface area contributed by atoms with Gasteiger partial charge in [0.05, 0.1) is 6.10 Å². The highest BCUT2D eigenvalue weighted by Gasteiger charge is 2.66. The predicted octanol–water partition coefficient (Wildman–Crippen LogP) is 1.71. The predicted molar refractivity (Wildman–Crippen MR) is 71.0 cm³/mol. The summed E-state index contributed by atoms with van der Waals surface area (Å²) in [4.78, 5) is 15.5. The van der Waals surface area contributed by atoms with E-state index in [1.54, 1.807) is 6.92 Å². The summed E-state index contributed by atoms with van der Waals surface area (Å²) in [5.74, 6) is -3.55. The first-order chi connectivity index (χ1) is 10.1. The molecule has 5 unspecified atom stereocenters. The molecule has 0 spiro atoms. The second-order valence-electron chi connectivity index (χ2n) is 5.49. The molecule has 3 heterocycles. The molecule has 1 aromatic rings. The molecule has 0 N–H and O–H groups in total. The van der Waals surface area contributed by atoms with Crippen LogP contribution in [0.5, 0.6) is 0 Å². The van der Waals surface area contributed by atoms with Crippen LogP contribution < -0.4 is 5.69 Å². The van der Waals surface area contributed by atoms with E-state index in [1.165, 1.54) is 19.2 Å². The van der Waals surface area contributed by atoms with Gasteiger partial charge in [0.1, 0.15) is 6.10 Å². The molecule has 5 atom stereocenters. The summed E-state index contributed by atoms with van der Waals surface area (Å²) < 4.78 is 57.2. The van der Waals surface area contributed by atoms with Crippen LogP contribution in [0.2, 0.25) is 0 Å². The lowest BCUT2D eigenvalue weighted by molar-refractivity contribution is -0.135. The van der Waals surface area contributed by atoms with Gasteiger partial charge in [-0.2, -0.15) is 13.8 Å². The monoisotopic (exact) mass is 336 g/mol. The molecule has 10 heteroatoms. The first-order valence-electron chi connectivity index (χ1n) is 6.65. The van der Waals surface area contributed by atoms with Crippen LogP contribution in [-0.2, 0) is 18.3 Å². The maximum absolute atomic E-state index is 14.6. The summed E-state index contributed by atoms with van der Waals surface area (Å²) in [6, 6.07) is 1.42. The van der Waals surface area contributed by atoms with Gasteiger partial charge in [-0.15, -0.1) is 0 Å². The van der Waals surface area contributed by atoms with E-state index in [9.17, 15) is 18.1 Å². The van der Waals surface area contributed by atoms with Crippen molar-refractivity contribution in [2.75, 3.05) is 6.66 Å². The number of fused-ring (bicyclic) bond motifs is 1. The maximum Gasteiger partial charge on any atom is 0.350 e. The molecular formula is C12H15F2N2O5P. The molecular weight excluding hydrogens is 321 g/mol. The number of aryl methyl sites for hydroxylation is 1. The van der Waals surface area contributed by atoms with Crippen molar-refractivity contribution in [1.82, 2.24) is 9.55 Å². The van der Waals surface area contributed by atoms with Crippen molar-refractivity contribution in [2.24, 2.45) is 0 Å². The molecule has 0 aromatic carbocycles. The standard InChI is InChI=1S/C12H15F2N2O5P/c1-6-4-5-16(11(17)15-6)10-12(13,14)9-8(19-10)7(2)20-22(3,18)21-9/h4-5,7-10H,1-3H3. The smallest absolute Gasteiger partial charge is 0.343 e. The molecule has 7 nitrogen and oxygen atoms in total. The second kappa shape index (κ2) is 4.92. The molecule has 22 heavy (non-hydrogen) atoms. The zero-order chi connectivity index (χ0) is 16.3. The van der Waals surface area contributed by atoms with Crippen LogP contribution in [-0.4, -0.2) is 40.5 Å². The molecule has 0 amide bonds. The van der Waals surface area contributed by atoms with Gasteiger partial charge < -0.3 is 9.26 Å². The number of nitrogens with zero attached hydrogens (tertiary/aromatic N) is 2. The van der Waals surface area contributed by atoms with Gasteiger partial charge in [-0.25, -0.2) is 4.79 Å². The largest absolute Gasteiger partial charge is 0.350 e. The number of ether oxygens (including phenoxy) is 1. The Labute approximate surface area is 124 Å².